The number of aromatic nitrogens is 3. The van der Waals surface area contributed by atoms with Crippen molar-refractivity contribution >= 4 is 11.6 Å². The van der Waals surface area contributed by atoms with Crippen LogP contribution in [0.15, 0.2) is 39.4 Å². The van der Waals surface area contributed by atoms with Gasteiger partial charge in [0, 0.05) is 41.1 Å². The summed E-state index contributed by atoms with van der Waals surface area (Å²) < 4.78 is 32.4. The number of hydrogen-bond donors (Lipinski definition) is 0. The number of halogens is 1. The maximum atomic E-state index is 14.5. The molecule has 8 aliphatic rings. The zero-order valence-corrected chi connectivity index (χ0v) is 22.5. The number of ether oxygens (including phenoxy) is 1. The fourth-order valence-electron chi connectivity index (χ4n) is 7.78. The molecule has 0 spiro atoms. The van der Waals surface area contributed by atoms with E-state index in [1.165, 1.54) is 0 Å². The number of alkyl halides is 1. The maximum Gasteiger partial charge on any atom is 0.258 e. The predicted octanol–water partition coefficient (Wildman–Crippen LogP) is 6.19. The first-order valence-electron chi connectivity index (χ1n) is 14.9. The molecule has 8 nitrogen and oxygen atoms in total. The normalized spacial score (nSPS) is 35.7. The second-order valence-corrected chi connectivity index (χ2v) is 13.8. The molecule has 6 aliphatic carbocycles. The number of carbonyl (C=O) groups excluding carboxylic acids is 1. The summed E-state index contributed by atoms with van der Waals surface area (Å²) in [6.45, 7) is 1.08. The van der Waals surface area contributed by atoms with Crippen LogP contribution in [0.3, 0.4) is 0 Å². The Labute approximate surface area is 231 Å². The Bertz CT molecular complexity index is 1480. The third kappa shape index (κ3) is 3.52. The highest BCUT2D eigenvalue weighted by molar-refractivity contribution is 6.00. The number of anilines is 1. The van der Waals surface area contributed by atoms with Gasteiger partial charge in [-0.2, -0.15) is 4.98 Å². The SMILES string of the molecule is O=C(N(CC12CCC(c3nc(C4CC4)no3)(CC1)OC2)c1cccc(-c2cc(C3CC3)on2)c1)C12CC(F)(C1)C2. The van der Waals surface area contributed by atoms with Gasteiger partial charge in [0.05, 0.1) is 12.0 Å². The summed E-state index contributed by atoms with van der Waals surface area (Å²) in [4.78, 5) is 20.8. The van der Waals surface area contributed by atoms with E-state index in [1.54, 1.807) is 0 Å². The summed E-state index contributed by atoms with van der Waals surface area (Å²) in [5.74, 6) is 3.33. The Kier molecular flexibility index (Phi) is 4.61. The lowest BCUT2D eigenvalue weighted by Gasteiger charge is -2.65. The van der Waals surface area contributed by atoms with Crippen LogP contribution in [0.4, 0.5) is 10.1 Å². The molecule has 2 aromatic heterocycles. The molecule has 1 amide bonds. The van der Waals surface area contributed by atoms with Gasteiger partial charge in [0.25, 0.3) is 5.89 Å². The summed E-state index contributed by atoms with van der Waals surface area (Å²) in [7, 11) is 0. The molecule has 4 bridgehead atoms. The van der Waals surface area contributed by atoms with Gasteiger partial charge in [-0.15, -0.1) is 0 Å². The van der Waals surface area contributed by atoms with E-state index in [0.29, 0.717) is 50.1 Å². The second kappa shape index (κ2) is 7.81. The first-order chi connectivity index (χ1) is 19.4. The molecule has 1 aromatic carbocycles. The Balaban J connectivity index is 0.997. The first kappa shape index (κ1) is 23.6. The van der Waals surface area contributed by atoms with Crippen molar-refractivity contribution in [1.82, 2.24) is 15.3 Å². The molecule has 8 fully saturated rings. The molecule has 4 heterocycles. The molecule has 2 aliphatic heterocycles. The lowest BCUT2D eigenvalue weighted by Crippen LogP contribution is -2.71. The highest BCUT2D eigenvalue weighted by atomic mass is 19.1. The van der Waals surface area contributed by atoms with E-state index in [1.807, 2.05) is 35.2 Å². The van der Waals surface area contributed by atoms with Crippen molar-refractivity contribution in [1.29, 1.82) is 0 Å². The van der Waals surface area contributed by atoms with Crippen molar-refractivity contribution in [2.75, 3.05) is 18.1 Å². The molecular formula is C31H33FN4O4. The lowest BCUT2D eigenvalue weighted by atomic mass is 9.41. The third-order valence-corrected chi connectivity index (χ3v) is 10.7. The van der Waals surface area contributed by atoms with Crippen molar-refractivity contribution in [3.8, 4) is 11.3 Å². The van der Waals surface area contributed by atoms with Gasteiger partial charge in [-0.25, -0.2) is 4.39 Å². The molecule has 3 aromatic rings. The number of rotatable bonds is 8. The molecule has 0 N–H and O–H groups in total. The van der Waals surface area contributed by atoms with Crippen LogP contribution >= 0.6 is 0 Å². The number of hydrogen-bond acceptors (Lipinski definition) is 7. The molecule has 0 radical (unpaired) electrons. The molecule has 6 saturated carbocycles. The quantitative estimate of drug-likeness (QED) is 0.334. The highest BCUT2D eigenvalue weighted by Crippen LogP contribution is 2.70. The van der Waals surface area contributed by atoms with Gasteiger partial charge in [0.15, 0.2) is 5.82 Å². The van der Waals surface area contributed by atoms with Gasteiger partial charge < -0.3 is 18.7 Å². The number of amides is 1. The van der Waals surface area contributed by atoms with Gasteiger partial charge in [0.2, 0.25) is 5.91 Å². The van der Waals surface area contributed by atoms with Gasteiger partial charge >= 0.3 is 0 Å². The van der Waals surface area contributed by atoms with Gasteiger partial charge in [-0.05, 0) is 82.8 Å². The van der Waals surface area contributed by atoms with E-state index in [2.05, 4.69) is 10.3 Å². The van der Waals surface area contributed by atoms with Crippen LogP contribution in [-0.2, 0) is 15.1 Å². The van der Waals surface area contributed by atoms with Crippen molar-refractivity contribution in [2.24, 2.45) is 10.8 Å². The minimum atomic E-state index is -1.14. The van der Waals surface area contributed by atoms with Gasteiger partial charge in [-0.1, -0.05) is 22.4 Å². The zero-order valence-electron chi connectivity index (χ0n) is 22.5. The molecule has 40 heavy (non-hydrogen) atoms. The average molecular weight is 545 g/mol. The van der Waals surface area contributed by atoms with Crippen LogP contribution in [0.5, 0.6) is 0 Å². The van der Waals surface area contributed by atoms with Crippen LogP contribution in [0.2, 0.25) is 0 Å². The maximum absolute atomic E-state index is 14.5. The van der Waals surface area contributed by atoms with E-state index in [9.17, 15) is 9.18 Å². The first-order valence-corrected chi connectivity index (χ1v) is 14.9. The van der Waals surface area contributed by atoms with E-state index in [4.69, 9.17) is 18.8 Å². The summed E-state index contributed by atoms with van der Waals surface area (Å²) in [6, 6.07) is 10.0. The molecular weight excluding hydrogens is 511 g/mol. The zero-order chi connectivity index (χ0) is 26.7. The standard InChI is InChI=1S/C31H33FN4O4/c32-30-14-29(15-30,16-30)27(37)36(22-3-1-2-21(12-22)23-13-24(39-34-23)19-4-5-19)17-28-8-10-31(11-9-28,38-18-28)26-33-25(35-40-26)20-6-7-20/h1-3,12-13,19-20H,4-11,14-18H2. The minimum Gasteiger partial charge on any atom is -0.364 e. The number of nitrogens with zero attached hydrogens (tertiary/aromatic N) is 4. The molecule has 0 unspecified atom stereocenters. The van der Waals surface area contributed by atoms with Crippen molar-refractivity contribution in [2.45, 2.75) is 93.7 Å². The van der Waals surface area contributed by atoms with Crippen LogP contribution in [0.1, 0.15) is 99.9 Å². The smallest absolute Gasteiger partial charge is 0.258 e. The molecule has 208 valence electrons. The summed E-state index contributed by atoms with van der Waals surface area (Å²) >= 11 is 0. The average Bonchev–Trinajstić information content (AvgIpc) is 3.89. The van der Waals surface area contributed by atoms with Crippen LogP contribution < -0.4 is 4.90 Å². The summed E-state index contributed by atoms with van der Waals surface area (Å²) in [5.41, 5.74) is 0.158. The topological polar surface area (TPSA) is 94.5 Å². The van der Waals surface area contributed by atoms with Crippen LogP contribution in [-0.4, -0.2) is 40.0 Å². The summed E-state index contributed by atoms with van der Waals surface area (Å²) in [6.07, 6.45) is 8.99. The predicted molar refractivity (Wildman–Crippen MR) is 141 cm³/mol. The molecule has 0 atom stereocenters. The monoisotopic (exact) mass is 544 g/mol. The number of carbonyl (C=O) groups is 1. The van der Waals surface area contributed by atoms with Crippen LogP contribution in [0.25, 0.3) is 11.3 Å². The molecule has 11 rings (SSSR count). The van der Waals surface area contributed by atoms with E-state index >= 15 is 0 Å². The third-order valence-electron chi connectivity index (χ3n) is 10.7. The van der Waals surface area contributed by atoms with E-state index in [-0.39, 0.29) is 11.3 Å². The van der Waals surface area contributed by atoms with E-state index in [0.717, 1.165) is 79.9 Å². The largest absolute Gasteiger partial charge is 0.364 e. The Morgan fingerprint density at radius 1 is 0.975 bits per heavy atom. The number of benzene rings is 1. The van der Waals surface area contributed by atoms with Gasteiger partial charge in [-0.3, -0.25) is 4.79 Å². The fraction of sp³-hybridized carbons (Fsp3) is 0.613. The van der Waals surface area contributed by atoms with Crippen molar-refractivity contribution in [3.05, 3.63) is 47.8 Å². The van der Waals surface area contributed by atoms with Crippen molar-refractivity contribution < 1.29 is 23.0 Å². The van der Waals surface area contributed by atoms with Crippen molar-refractivity contribution in [3.63, 3.8) is 0 Å². The minimum absolute atomic E-state index is 0.0470. The Morgan fingerprint density at radius 2 is 1.75 bits per heavy atom. The molecule has 2 saturated heterocycles. The number of fused-ring (bicyclic) bond motifs is 3. The lowest BCUT2D eigenvalue weighted by molar-refractivity contribution is -0.214. The Hall–Kier alpha value is -3.07. The van der Waals surface area contributed by atoms with Gasteiger partial charge in [0.1, 0.15) is 22.7 Å². The van der Waals surface area contributed by atoms with E-state index < -0.39 is 16.7 Å². The highest BCUT2D eigenvalue weighted by Gasteiger charge is 2.73. The molecule has 9 heteroatoms. The second-order valence-electron chi connectivity index (χ2n) is 13.8. The fourth-order valence-corrected chi connectivity index (χ4v) is 7.78. The summed E-state index contributed by atoms with van der Waals surface area (Å²) in [5, 5.41) is 8.55. The Morgan fingerprint density at radius 3 is 2.42 bits per heavy atom. The van der Waals surface area contributed by atoms with Crippen LogP contribution in [0, 0.1) is 10.8 Å².